The van der Waals surface area contributed by atoms with Gasteiger partial charge in [0.1, 0.15) is 0 Å². The molecule has 0 rings (SSSR count). The standard InChI is InChI=1S/C16H35N.4ClH/c1-2-3-4-5-6-7-8-9-10-11-12-13-14-15-16-17;;;;/h2-17H2,1H3;4*1H. The highest BCUT2D eigenvalue weighted by atomic mass is 35.5. The zero-order valence-electron chi connectivity index (χ0n) is 13.8. The summed E-state index contributed by atoms with van der Waals surface area (Å²) in [5.74, 6) is 0. The van der Waals surface area contributed by atoms with E-state index in [4.69, 9.17) is 5.73 Å². The van der Waals surface area contributed by atoms with E-state index in [-0.39, 0.29) is 49.6 Å². The van der Waals surface area contributed by atoms with Crippen molar-refractivity contribution in [2.24, 2.45) is 5.73 Å². The van der Waals surface area contributed by atoms with Crippen LogP contribution >= 0.6 is 49.6 Å². The molecule has 0 unspecified atom stereocenters. The minimum absolute atomic E-state index is 0. The van der Waals surface area contributed by atoms with Crippen LogP contribution in [0.3, 0.4) is 0 Å². The van der Waals surface area contributed by atoms with E-state index in [1.807, 2.05) is 0 Å². The number of hydrogen-bond acceptors (Lipinski definition) is 1. The lowest BCUT2D eigenvalue weighted by molar-refractivity contribution is 0.536. The Balaban J connectivity index is -0.000000213. The zero-order chi connectivity index (χ0) is 12.6. The predicted octanol–water partition coefficient (Wildman–Crippen LogP) is 7.11. The molecule has 0 aliphatic heterocycles. The zero-order valence-corrected chi connectivity index (χ0v) is 17.1. The molecule has 0 aromatic heterocycles. The Bertz CT molecular complexity index is 123. The molecule has 0 aliphatic carbocycles. The van der Waals surface area contributed by atoms with Crippen LogP contribution in [0.15, 0.2) is 0 Å². The molecular formula is C16H39Cl4N. The number of halogens is 4. The van der Waals surface area contributed by atoms with Gasteiger partial charge in [-0.3, -0.25) is 0 Å². The molecule has 0 spiro atoms. The topological polar surface area (TPSA) is 26.0 Å². The van der Waals surface area contributed by atoms with Crippen molar-refractivity contribution in [2.45, 2.75) is 96.8 Å². The van der Waals surface area contributed by atoms with E-state index in [9.17, 15) is 0 Å². The molecule has 0 saturated heterocycles. The van der Waals surface area contributed by atoms with E-state index in [1.165, 1.54) is 89.9 Å². The second-order valence-electron chi connectivity index (χ2n) is 5.38. The molecule has 0 aromatic carbocycles. The highest BCUT2D eigenvalue weighted by Crippen LogP contribution is 2.12. The lowest BCUT2D eigenvalue weighted by Gasteiger charge is -2.02. The van der Waals surface area contributed by atoms with Crippen LogP contribution in [0.1, 0.15) is 96.8 Å². The van der Waals surface area contributed by atoms with E-state index in [2.05, 4.69) is 6.92 Å². The van der Waals surface area contributed by atoms with Gasteiger partial charge in [-0.05, 0) is 13.0 Å². The Morgan fingerprint density at radius 2 is 0.667 bits per heavy atom. The number of rotatable bonds is 14. The summed E-state index contributed by atoms with van der Waals surface area (Å²) in [4.78, 5) is 0. The SMILES string of the molecule is CCCCCCCCCCCCCCCCN.Cl.Cl.Cl.Cl. The first-order chi connectivity index (χ1) is 8.41. The fourth-order valence-electron chi connectivity index (χ4n) is 2.34. The summed E-state index contributed by atoms with van der Waals surface area (Å²) >= 11 is 0. The average molecular weight is 387 g/mol. The molecule has 0 bridgehead atoms. The monoisotopic (exact) mass is 385 g/mol. The van der Waals surface area contributed by atoms with Gasteiger partial charge in [-0.25, -0.2) is 0 Å². The number of unbranched alkanes of at least 4 members (excludes halogenated alkanes) is 13. The van der Waals surface area contributed by atoms with Crippen molar-refractivity contribution in [1.29, 1.82) is 0 Å². The summed E-state index contributed by atoms with van der Waals surface area (Å²) in [5.41, 5.74) is 5.47. The maximum Gasteiger partial charge on any atom is -0.00773 e. The average Bonchev–Trinajstić information content (AvgIpc) is 2.35. The van der Waals surface area contributed by atoms with Crippen LogP contribution in [0, 0.1) is 0 Å². The van der Waals surface area contributed by atoms with Crippen LogP contribution in [0.25, 0.3) is 0 Å². The van der Waals surface area contributed by atoms with Crippen LogP contribution in [0.5, 0.6) is 0 Å². The highest BCUT2D eigenvalue weighted by molar-refractivity contribution is 5.86. The van der Waals surface area contributed by atoms with Crippen LogP contribution in [-0.4, -0.2) is 6.54 Å². The Labute approximate surface area is 158 Å². The molecule has 136 valence electrons. The van der Waals surface area contributed by atoms with Crippen LogP contribution < -0.4 is 5.73 Å². The van der Waals surface area contributed by atoms with Gasteiger partial charge in [-0.2, -0.15) is 0 Å². The first kappa shape index (κ1) is 33.7. The van der Waals surface area contributed by atoms with Crippen LogP contribution in [0.4, 0.5) is 0 Å². The lowest BCUT2D eigenvalue weighted by atomic mass is 10.0. The molecule has 0 amide bonds. The third-order valence-electron chi connectivity index (χ3n) is 3.56. The highest BCUT2D eigenvalue weighted by Gasteiger charge is 1.93. The molecule has 0 fully saturated rings. The van der Waals surface area contributed by atoms with Crippen LogP contribution in [-0.2, 0) is 0 Å². The quantitative estimate of drug-likeness (QED) is 0.316. The summed E-state index contributed by atoms with van der Waals surface area (Å²) in [5, 5.41) is 0. The van der Waals surface area contributed by atoms with Gasteiger partial charge in [0.05, 0.1) is 0 Å². The van der Waals surface area contributed by atoms with E-state index in [0.29, 0.717) is 0 Å². The second kappa shape index (κ2) is 32.9. The lowest BCUT2D eigenvalue weighted by Crippen LogP contribution is -1.97. The Kier molecular flexibility index (Phi) is 52.7. The van der Waals surface area contributed by atoms with Crippen molar-refractivity contribution >= 4 is 49.6 Å². The van der Waals surface area contributed by atoms with Gasteiger partial charge in [-0.15, -0.1) is 49.6 Å². The summed E-state index contributed by atoms with van der Waals surface area (Å²) in [7, 11) is 0. The summed E-state index contributed by atoms with van der Waals surface area (Å²) in [6, 6.07) is 0. The maximum absolute atomic E-state index is 5.47. The van der Waals surface area contributed by atoms with Gasteiger partial charge >= 0.3 is 0 Å². The van der Waals surface area contributed by atoms with Gasteiger partial charge in [-0.1, -0.05) is 90.4 Å². The van der Waals surface area contributed by atoms with Crippen molar-refractivity contribution in [3.63, 3.8) is 0 Å². The number of nitrogens with two attached hydrogens (primary N) is 1. The Morgan fingerprint density at radius 1 is 0.429 bits per heavy atom. The van der Waals surface area contributed by atoms with E-state index in [0.717, 1.165) is 6.54 Å². The van der Waals surface area contributed by atoms with Crippen molar-refractivity contribution in [1.82, 2.24) is 0 Å². The molecule has 0 aromatic rings. The normalized spacial score (nSPS) is 8.86. The second-order valence-corrected chi connectivity index (χ2v) is 5.38. The minimum atomic E-state index is 0. The van der Waals surface area contributed by atoms with Crippen molar-refractivity contribution in [3.05, 3.63) is 0 Å². The molecular weight excluding hydrogens is 348 g/mol. The smallest absolute Gasteiger partial charge is 0.00773 e. The maximum atomic E-state index is 5.47. The van der Waals surface area contributed by atoms with Gasteiger partial charge in [0.25, 0.3) is 0 Å². The molecule has 21 heavy (non-hydrogen) atoms. The third kappa shape index (κ3) is 33.8. The van der Waals surface area contributed by atoms with E-state index < -0.39 is 0 Å². The first-order valence-electron chi connectivity index (χ1n) is 8.12. The predicted molar refractivity (Wildman–Crippen MR) is 108 cm³/mol. The Morgan fingerprint density at radius 3 is 0.905 bits per heavy atom. The third-order valence-corrected chi connectivity index (χ3v) is 3.56. The fraction of sp³-hybridized carbons (Fsp3) is 1.00. The largest absolute Gasteiger partial charge is 0.330 e. The van der Waals surface area contributed by atoms with Gasteiger partial charge in [0.2, 0.25) is 0 Å². The molecule has 0 saturated carbocycles. The summed E-state index contributed by atoms with van der Waals surface area (Å²) in [6.07, 6.45) is 19.9. The first-order valence-corrected chi connectivity index (χ1v) is 8.12. The van der Waals surface area contributed by atoms with Gasteiger partial charge in [0.15, 0.2) is 0 Å². The van der Waals surface area contributed by atoms with Gasteiger partial charge in [0, 0.05) is 0 Å². The van der Waals surface area contributed by atoms with E-state index >= 15 is 0 Å². The van der Waals surface area contributed by atoms with Crippen molar-refractivity contribution in [2.75, 3.05) is 6.54 Å². The molecule has 0 heterocycles. The number of hydrogen-bond donors (Lipinski definition) is 1. The molecule has 5 heteroatoms. The van der Waals surface area contributed by atoms with Crippen molar-refractivity contribution in [3.8, 4) is 0 Å². The molecule has 0 atom stereocenters. The minimum Gasteiger partial charge on any atom is -0.330 e. The van der Waals surface area contributed by atoms with E-state index in [1.54, 1.807) is 0 Å². The van der Waals surface area contributed by atoms with Crippen molar-refractivity contribution < 1.29 is 0 Å². The molecule has 2 N–H and O–H groups in total. The Hall–Kier alpha value is 1.12. The summed E-state index contributed by atoms with van der Waals surface area (Å²) in [6.45, 7) is 3.16. The fourth-order valence-corrected chi connectivity index (χ4v) is 2.34. The van der Waals surface area contributed by atoms with Crippen LogP contribution in [0.2, 0.25) is 0 Å². The van der Waals surface area contributed by atoms with Gasteiger partial charge < -0.3 is 5.73 Å². The molecule has 1 nitrogen and oxygen atoms in total. The summed E-state index contributed by atoms with van der Waals surface area (Å²) < 4.78 is 0. The molecule has 0 aliphatic rings. The molecule has 0 radical (unpaired) electrons.